The number of halogens is 1. The van der Waals surface area contributed by atoms with Gasteiger partial charge in [0.05, 0.1) is 7.11 Å². The maximum Gasteiger partial charge on any atom is 0.339 e. The average Bonchev–Trinajstić information content (AvgIpc) is 2.60. The normalized spacial score (nSPS) is 11.7. The zero-order valence-corrected chi connectivity index (χ0v) is 16.9. The van der Waals surface area contributed by atoms with Crippen LogP contribution in [0.15, 0.2) is 53.4 Å². The molecule has 0 heterocycles. The number of ether oxygens (including phenoxy) is 1. The highest BCUT2D eigenvalue weighted by Crippen LogP contribution is 2.31. The summed E-state index contributed by atoms with van der Waals surface area (Å²) in [6.45, 7) is 3.95. The van der Waals surface area contributed by atoms with Crippen molar-refractivity contribution in [2.24, 2.45) is 5.92 Å². The number of rotatable bonds is 8. The fourth-order valence-electron chi connectivity index (χ4n) is 2.28. The first-order valence-corrected chi connectivity index (χ1v) is 10.1. The lowest BCUT2D eigenvalue weighted by atomic mass is 10.1. The van der Waals surface area contributed by atoms with Crippen molar-refractivity contribution in [2.45, 2.75) is 25.2 Å². The van der Waals surface area contributed by atoms with Crippen LogP contribution in [0.4, 0.5) is 0 Å². The molecule has 5 nitrogen and oxygen atoms in total. The molecule has 7 heteroatoms. The summed E-state index contributed by atoms with van der Waals surface area (Å²) in [6.07, 6.45) is 3.62. The lowest BCUT2D eigenvalue weighted by molar-refractivity contribution is -0.115. The van der Waals surface area contributed by atoms with Crippen LogP contribution in [-0.2, 0) is 14.9 Å². The van der Waals surface area contributed by atoms with Crippen LogP contribution < -0.4 is 8.92 Å². The van der Waals surface area contributed by atoms with Gasteiger partial charge in [-0.25, -0.2) is 0 Å². The molecule has 0 amide bonds. The van der Waals surface area contributed by atoms with E-state index < -0.39 is 10.1 Å². The standard InChI is InChI=1S/C20H21ClO5S/c1-14(2)12-17(22)8-4-15-5-11-19(20(13-15)25-3)26-27(23,24)18-9-6-16(21)7-10-18/h4-11,13-14H,12H2,1-3H3/b8-4+. The summed E-state index contributed by atoms with van der Waals surface area (Å²) >= 11 is 5.78. The summed E-state index contributed by atoms with van der Waals surface area (Å²) in [5.41, 5.74) is 0.695. The third-order valence-corrected chi connectivity index (χ3v) is 5.06. The molecule has 0 radical (unpaired) electrons. The summed E-state index contributed by atoms with van der Waals surface area (Å²) in [5.74, 6) is 0.601. The lowest BCUT2D eigenvalue weighted by Crippen LogP contribution is -2.10. The second-order valence-electron chi connectivity index (χ2n) is 6.30. The predicted octanol–water partition coefficient (Wildman–Crippen LogP) is 4.74. The van der Waals surface area contributed by atoms with Crippen LogP contribution in [0.5, 0.6) is 11.5 Å². The van der Waals surface area contributed by atoms with E-state index in [1.807, 2.05) is 13.8 Å². The van der Waals surface area contributed by atoms with Gasteiger partial charge in [-0.2, -0.15) is 8.42 Å². The Balaban J connectivity index is 2.22. The minimum absolute atomic E-state index is 0.0165. The van der Waals surface area contributed by atoms with Gasteiger partial charge >= 0.3 is 10.1 Å². The summed E-state index contributed by atoms with van der Waals surface area (Å²) in [7, 11) is -2.61. The van der Waals surface area contributed by atoms with Crippen LogP contribution in [0.25, 0.3) is 6.08 Å². The molecule has 0 aliphatic carbocycles. The molecule has 0 fully saturated rings. The van der Waals surface area contributed by atoms with Crippen molar-refractivity contribution in [3.8, 4) is 11.5 Å². The third kappa shape index (κ3) is 6.12. The van der Waals surface area contributed by atoms with Crippen molar-refractivity contribution >= 4 is 33.6 Å². The predicted molar refractivity (Wildman–Crippen MR) is 106 cm³/mol. The van der Waals surface area contributed by atoms with Gasteiger partial charge in [0.2, 0.25) is 0 Å². The summed E-state index contributed by atoms with van der Waals surface area (Å²) in [6, 6.07) is 10.4. The molecule has 2 rings (SSSR count). The Hall–Kier alpha value is -2.31. The van der Waals surface area contributed by atoms with Gasteiger partial charge in [-0.15, -0.1) is 0 Å². The molecule has 27 heavy (non-hydrogen) atoms. The first-order valence-electron chi connectivity index (χ1n) is 8.30. The molecular weight excluding hydrogens is 388 g/mol. The largest absolute Gasteiger partial charge is 0.493 e. The highest BCUT2D eigenvalue weighted by atomic mass is 35.5. The Morgan fingerprint density at radius 3 is 2.37 bits per heavy atom. The van der Waals surface area contributed by atoms with E-state index >= 15 is 0 Å². The Kier molecular flexibility index (Phi) is 7.05. The van der Waals surface area contributed by atoms with Gasteiger partial charge in [0.15, 0.2) is 17.3 Å². The molecule has 0 aliphatic heterocycles. The minimum atomic E-state index is -4.03. The topological polar surface area (TPSA) is 69.7 Å². The molecule has 0 saturated carbocycles. The molecule has 144 valence electrons. The van der Waals surface area contributed by atoms with Gasteiger partial charge in [-0.1, -0.05) is 37.6 Å². The summed E-state index contributed by atoms with van der Waals surface area (Å²) in [4.78, 5) is 11.8. The van der Waals surface area contributed by atoms with E-state index in [0.29, 0.717) is 17.0 Å². The van der Waals surface area contributed by atoms with Crippen molar-refractivity contribution < 1.29 is 22.1 Å². The summed E-state index contributed by atoms with van der Waals surface area (Å²) in [5, 5.41) is 0.426. The number of ketones is 1. The third-order valence-electron chi connectivity index (χ3n) is 3.56. The smallest absolute Gasteiger partial charge is 0.339 e. The average molecular weight is 409 g/mol. The molecule has 2 aromatic rings. The van der Waals surface area contributed by atoms with Crippen molar-refractivity contribution in [1.82, 2.24) is 0 Å². The van der Waals surface area contributed by atoms with Crippen LogP contribution in [0.2, 0.25) is 5.02 Å². The Bertz CT molecular complexity index is 931. The molecule has 0 N–H and O–H groups in total. The minimum Gasteiger partial charge on any atom is -0.493 e. The lowest BCUT2D eigenvalue weighted by Gasteiger charge is -2.11. The second-order valence-corrected chi connectivity index (χ2v) is 8.28. The van der Waals surface area contributed by atoms with E-state index in [9.17, 15) is 13.2 Å². The number of allylic oxidation sites excluding steroid dienone is 1. The van der Waals surface area contributed by atoms with E-state index in [4.69, 9.17) is 20.5 Å². The van der Waals surface area contributed by atoms with Gasteiger partial charge < -0.3 is 8.92 Å². The Labute approximate surface area is 164 Å². The number of carbonyl (C=O) groups excluding carboxylic acids is 1. The van der Waals surface area contributed by atoms with Crippen LogP contribution in [-0.4, -0.2) is 21.3 Å². The van der Waals surface area contributed by atoms with E-state index in [2.05, 4.69) is 0 Å². The molecule has 0 saturated heterocycles. The first-order chi connectivity index (χ1) is 12.7. The highest BCUT2D eigenvalue weighted by molar-refractivity contribution is 7.87. The van der Waals surface area contributed by atoms with E-state index in [0.717, 1.165) is 0 Å². The van der Waals surface area contributed by atoms with Crippen molar-refractivity contribution in [3.05, 3.63) is 59.1 Å². The molecule has 2 aromatic carbocycles. The van der Waals surface area contributed by atoms with Gasteiger partial charge in [-0.05, 0) is 54.0 Å². The molecule has 0 bridgehead atoms. The first kappa shape index (κ1) is 21.0. The maximum atomic E-state index is 12.4. The van der Waals surface area contributed by atoms with Crippen molar-refractivity contribution in [3.63, 3.8) is 0 Å². The fourth-order valence-corrected chi connectivity index (χ4v) is 3.35. The monoisotopic (exact) mass is 408 g/mol. The summed E-state index contributed by atoms with van der Waals surface area (Å²) < 4.78 is 35.2. The number of hydrogen-bond donors (Lipinski definition) is 0. The van der Waals surface area contributed by atoms with Crippen LogP contribution in [0.1, 0.15) is 25.8 Å². The highest BCUT2D eigenvalue weighted by Gasteiger charge is 2.19. The number of carbonyl (C=O) groups is 1. The SMILES string of the molecule is COc1cc(/C=C/C(=O)CC(C)C)ccc1OS(=O)(=O)c1ccc(Cl)cc1. The van der Waals surface area contributed by atoms with Gasteiger partial charge in [0.25, 0.3) is 0 Å². The van der Waals surface area contributed by atoms with Crippen LogP contribution in [0, 0.1) is 5.92 Å². The number of hydrogen-bond acceptors (Lipinski definition) is 5. The quantitative estimate of drug-likeness (QED) is 0.466. The van der Waals surface area contributed by atoms with E-state index in [1.165, 1.54) is 43.5 Å². The Morgan fingerprint density at radius 2 is 1.78 bits per heavy atom. The van der Waals surface area contributed by atoms with E-state index in [1.54, 1.807) is 18.2 Å². The van der Waals surface area contributed by atoms with Crippen molar-refractivity contribution in [1.29, 1.82) is 0 Å². The zero-order valence-electron chi connectivity index (χ0n) is 15.3. The van der Waals surface area contributed by atoms with E-state index in [-0.39, 0.29) is 28.1 Å². The van der Waals surface area contributed by atoms with Gasteiger partial charge in [0.1, 0.15) is 4.90 Å². The molecule has 0 spiro atoms. The fraction of sp³-hybridized carbons (Fsp3) is 0.250. The molecule has 0 aliphatic rings. The molecule has 0 atom stereocenters. The van der Waals surface area contributed by atoms with Crippen LogP contribution >= 0.6 is 11.6 Å². The van der Waals surface area contributed by atoms with Gasteiger partial charge in [-0.3, -0.25) is 4.79 Å². The number of methoxy groups -OCH3 is 1. The second kappa shape index (κ2) is 9.06. The molecule has 0 unspecified atom stereocenters. The molecular formula is C20H21ClO5S. The van der Waals surface area contributed by atoms with Crippen LogP contribution in [0.3, 0.4) is 0 Å². The Morgan fingerprint density at radius 1 is 1.11 bits per heavy atom. The number of benzene rings is 2. The zero-order chi connectivity index (χ0) is 20.0. The van der Waals surface area contributed by atoms with Crippen molar-refractivity contribution in [2.75, 3.05) is 7.11 Å². The maximum absolute atomic E-state index is 12.4. The molecule has 0 aromatic heterocycles. The van der Waals surface area contributed by atoms with Gasteiger partial charge in [0, 0.05) is 11.4 Å².